The summed E-state index contributed by atoms with van der Waals surface area (Å²) in [5.74, 6) is 0.0164. The van der Waals surface area contributed by atoms with Crippen molar-refractivity contribution >= 4 is 0 Å². The number of fused-ring (bicyclic) bond motifs is 1. The summed E-state index contributed by atoms with van der Waals surface area (Å²) in [5.41, 5.74) is 0.429. The molecule has 0 radical (unpaired) electrons. The minimum Gasteiger partial charge on any atom is -0.507 e. The molecule has 2 fully saturated rings. The summed E-state index contributed by atoms with van der Waals surface area (Å²) in [6.07, 6.45) is -6.59. The van der Waals surface area contributed by atoms with E-state index in [-0.39, 0.29) is 12.4 Å². The van der Waals surface area contributed by atoms with Gasteiger partial charge in [-0.15, -0.1) is 0 Å². The summed E-state index contributed by atoms with van der Waals surface area (Å²) in [4.78, 5) is 0. The normalized spacial score (nSPS) is 41.1. The lowest BCUT2D eigenvalue weighted by Crippen LogP contribution is -2.61. The summed E-state index contributed by atoms with van der Waals surface area (Å²) in [7, 11) is 0. The van der Waals surface area contributed by atoms with Crippen molar-refractivity contribution in [3.05, 3.63) is 29.8 Å². The van der Waals surface area contributed by atoms with E-state index in [1.54, 1.807) is 18.2 Å². The van der Waals surface area contributed by atoms with Crippen LogP contribution in [-0.2, 0) is 14.2 Å². The standard InChI is InChI=1S/C13H16O7/c14-7-4-2-1-3-6(7)13-18-5-8-11(20-13)9(15)10(16)12(17)19-8/h1-4,8-17H,5H2/t8-,9-,10-,11-,12?,13?/m1/s1. The molecule has 0 aliphatic carbocycles. The van der Waals surface area contributed by atoms with Crippen LogP contribution in [0.25, 0.3) is 0 Å². The molecule has 3 rings (SSSR count). The molecule has 1 aromatic rings. The van der Waals surface area contributed by atoms with Crippen LogP contribution >= 0.6 is 0 Å². The van der Waals surface area contributed by atoms with Crippen LogP contribution in [0.2, 0.25) is 0 Å². The number of rotatable bonds is 1. The van der Waals surface area contributed by atoms with Gasteiger partial charge in [-0.25, -0.2) is 0 Å². The molecule has 2 aliphatic rings. The first-order valence-corrected chi connectivity index (χ1v) is 6.32. The van der Waals surface area contributed by atoms with Crippen LogP contribution < -0.4 is 0 Å². The number of hydrogen-bond acceptors (Lipinski definition) is 7. The number of phenols is 1. The van der Waals surface area contributed by atoms with Gasteiger partial charge >= 0.3 is 0 Å². The average Bonchev–Trinajstić information content (AvgIpc) is 2.45. The number of ether oxygens (including phenoxy) is 3. The maximum atomic E-state index is 9.94. The van der Waals surface area contributed by atoms with Gasteiger partial charge in [-0.3, -0.25) is 0 Å². The van der Waals surface area contributed by atoms with Crippen LogP contribution in [-0.4, -0.2) is 57.7 Å². The molecule has 0 aromatic heterocycles. The van der Waals surface area contributed by atoms with E-state index in [1.807, 2.05) is 0 Å². The van der Waals surface area contributed by atoms with E-state index < -0.39 is 37.0 Å². The van der Waals surface area contributed by atoms with Crippen molar-refractivity contribution in [2.45, 2.75) is 37.0 Å². The maximum absolute atomic E-state index is 9.94. The van der Waals surface area contributed by atoms with E-state index in [0.29, 0.717) is 5.56 Å². The van der Waals surface area contributed by atoms with E-state index in [0.717, 1.165) is 0 Å². The Morgan fingerprint density at radius 1 is 1.00 bits per heavy atom. The molecule has 0 saturated carbocycles. The third-order valence-corrected chi connectivity index (χ3v) is 3.54. The molecule has 20 heavy (non-hydrogen) atoms. The van der Waals surface area contributed by atoms with Crippen molar-refractivity contribution in [2.24, 2.45) is 0 Å². The predicted molar refractivity (Wildman–Crippen MR) is 64.6 cm³/mol. The Morgan fingerprint density at radius 3 is 2.50 bits per heavy atom. The van der Waals surface area contributed by atoms with E-state index in [9.17, 15) is 20.4 Å². The highest BCUT2D eigenvalue weighted by molar-refractivity contribution is 5.33. The first-order valence-electron chi connectivity index (χ1n) is 6.32. The van der Waals surface area contributed by atoms with Crippen molar-refractivity contribution in [1.29, 1.82) is 0 Å². The number of aliphatic hydroxyl groups is 3. The molecule has 2 unspecified atom stereocenters. The zero-order valence-electron chi connectivity index (χ0n) is 10.5. The lowest BCUT2D eigenvalue weighted by Gasteiger charge is -2.45. The zero-order chi connectivity index (χ0) is 14.3. The molecule has 1 aromatic carbocycles. The average molecular weight is 284 g/mol. The van der Waals surface area contributed by atoms with Crippen LogP contribution in [0.15, 0.2) is 24.3 Å². The molecule has 7 heteroatoms. The fourth-order valence-corrected chi connectivity index (χ4v) is 2.44. The Morgan fingerprint density at radius 2 is 1.75 bits per heavy atom. The van der Waals surface area contributed by atoms with Gasteiger partial charge in [0, 0.05) is 5.56 Å². The zero-order valence-corrected chi connectivity index (χ0v) is 10.5. The molecule has 110 valence electrons. The van der Waals surface area contributed by atoms with Crippen LogP contribution in [0.1, 0.15) is 11.9 Å². The van der Waals surface area contributed by atoms with Gasteiger partial charge in [0.1, 0.15) is 30.2 Å². The van der Waals surface area contributed by atoms with Crippen molar-refractivity contribution in [3.8, 4) is 5.75 Å². The topological polar surface area (TPSA) is 109 Å². The second-order valence-corrected chi connectivity index (χ2v) is 4.87. The minimum absolute atomic E-state index is 0.0164. The van der Waals surface area contributed by atoms with Gasteiger partial charge < -0.3 is 34.6 Å². The minimum atomic E-state index is -1.47. The fraction of sp³-hybridized carbons (Fsp3) is 0.538. The maximum Gasteiger partial charge on any atom is 0.188 e. The second-order valence-electron chi connectivity index (χ2n) is 4.87. The third kappa shape index (κ3) is 2.28. The molecule has 7 nitrogen and oxygen atoms in total. The molecule has 4 N–H and O–H groups in total. The molecule has 2 aliphatic heterocycles. The molecule has 0 bridgehead atoms. The van der Waals surface area contributed by atoms with Crippen LogP contribution in [0.3, 0.4) is 0 Å². The molecule has 0 amide bonds. The van der Waals surface area contributed by atoms with E-state index in [2.05, 4.69) is 0 Å². The van der Waals surface area contributed by atoms with Crippen molar-refractivity contribution in [3.63, 3.8) is 0 Å². The molecule has 6 atom stereocenters. The van der Waals surface area contributed by atoms with Crippen LogP contribution in [0, 0.1) is 0 Å². The fourth-order valence-electron chi connectivity index (χ4n) is 2.44. The lowest BCUT2D eigenvalue weighted by atomic mass is 9.98. The van der Waals surface area contributed by atoms with Crippen LogP contribution in [0.4, 0.5) is 0 Å². The Balaban J connectivity index is 1.79. The third-order valence-electron chi connectivity index (χ3n) is 3.54. The first-order chi connectivity index (χ1) is 9.58. The smallest absolute Gasteiger partial charge is 0.188 e. The molecule has 2 saturated heterocycles. The van der Waals surface area contributed by atoms with Crippen molar-refractivity contribution in [2.75, 3.05) is 6.61 Å². The Bertz CT molecular complexity index is 478. The molecular weight excluding hydrogens is 268 g/mol. The van der Waals surface area contributed by atoms with Crippen LogP contribution in [0.5, 0.6) is 5.75 Å². The van der Waals surface area contributed by atoms with Crippen molar-refractivity contribution < 1.29 is 34.6 Å². The quantitative estimate of drug-likeness (QED) is 0.537. The number of phenolic OH excluding ortho intramolecular Hbond substituents is 1. The van der Waals surface area contributed by atoms with E-state index in [1.165, 1.54) is 6.07 Å². The summed E-state index contributed by atoms with van der Waals surface area (Å²) >= 11 is 0. The Hall–Kier alpha value is -1.22. The largest absolute Gasteiger partial charge is 0.507 e. The Kier molecular flexibility index (Phi) is 3.63. The number of aromatic hydroxyl groups is 1. The second kappa shape index (κ2) is 5.28. The van der Waals surface area contributed by atoms with Gasteiger partial charge in [0.2, 0.25) is 0 Å². The summed E-state index contributed by atoms with van der Waals surface area (Å²) in [5, 5.41) is 38.8. The summed E-state index contributed by atoms with van der Waals surface area (Å²) in [6, 6.07) is 6.53. The predicted octanol–water partition coefficient (Wildman–Crippen LogP) is -0.755. The lowest BCUT2D eigenvalue weighted by molar-refractivity contribution is -0.354. The van der Waals surface area contributed by atoms with Crippen molar-refractivity contribution in [1.82, 2.24) is 0 Å². The Labute approximate surface area is 114 Å². The van der Waals surface area contributed by atoms with Gasteiger partial charge in [-0.2, -0.15) is 0 Å². The first kappa shape index (κ1) is 13.7. The summed E-state index contributed by atoms with van der Waals surface area (Å²) < 4.78 is 16.1. The highest BCUT2D eigenvalue weighted by Crippen LogP contribution is 2.36. The van der Waals surface area contributed by atoms with E-state index in [4.69, 9.17) is 14.2 Å². The van der Waals surface area contributed by atoms with E-state index >= 15 is 0 Å². The summed E-state index contributed by atoms with van der Waals surface area (Å²) in [6.45, 7) is 0.0739. The van der Waals surface area contributed by atoms with Gasteiger partial charge in [0.05, 0.1) is 6.61 Å². The SMILES string of the molecule is Oc1ccccc1C1OC[C@H]2OC(O)[C@H](O)[C@@H](O)[C@@H]2O1. The number of hydrogen-bond donors (Lipinski definition) is 4. The highest BCUT2D eigenvalue weighted by Gasteiger charge is 2.48. The molecule has 2 heterocycles. The van der Waals surface area contributed by atoms with Gasteiger partial charge in [0.15, 0.2) is 12.6 Å². The van der Waals surface area contributed by atoms with Gasteiger partial charge in [-0.1, -0.05) is 18.2 Å². The number of para-hydroxylation sites is 1. The van der Waals surface area contributed by atoms with Gasteiger partial charge in [0.25, 0.3) is 0 Å². The highest BCUT2D eigenvalue weighted by atomic mass is 16.7. The number of aliphatic hydroxyl groups excluding tert-OH is 3. The van der Waals surface area contributed by atoms with Gasteiger partial charge in [-0.05, 0) is 6.07 Å². The number of benzene rings is 1. The monoisotopic (exact) mass is 284 g/mol. The molecule has 0 spiro atoms. The molecular formula is C13H16O7.